The third-order valence-electron chi connectivity index (χ3n) is 14.2. The van der Waals surface area contributed by atoms with Crippen LogP contribution in [0.15, 0.2) is 0 Å². The zero-order valence-corrected chi connectivity index (χ0v) is 33.1. The van der Waals surface area contributed by atoms with Crippen molar-refractivity contribution in [1.29, 1.82) is 0 Å². The Hall–Kier alpha value is -2.73. The standard InChI is InChI=1S/C39H67N7O5/c1-34(2,3)27(21-45-18-17-41-22-36(45,7)8)43-33(51)44-29(35(4,5)6)32(50)46-23-39(37(9,10)38(39)15-12-16-38)20-26(46)31(49)42-25(28(47)30(40)48)19-24-13-11-14-24/h24-27,29,41H,11-23H2,1-10H3,(H2,40,48)(H,42,49)(H2,43,44,51)/t25?,26?,27-,29-,39?/m1/s1. The van der Waals surface area contributed by atoms with Crippen molar-refractivity contribution in [3.05, 3.63) is 0 Å². The first-order valence-corrected chi connectivity index (χ1v) is 19.4. The molecular weight excluding hydrogens is 646 g/mol. The molecule has 5 atom stereocenters. The lowest BCUT2D eigenvalue weighted by Crippen LogP contribution is -2.64. The first kappa shape index (κ1) is 39.5. The number of likely N-dealkylation sites (tertiary alicyclic amines) is 1. The van der Waals surface area contributed by atoms with Crippen molar-refractivity contribution in [2.24, 2.45) is 38.7 Å². The van der Waals surface area contributed by atoms with Crippen LogP contribution in [0.2, 0.25) is 0 Å². The van der Waals surface area contributed by atoms with Gasteiger partial charge in [0.15, 0.2) is 0 Å². The summed E-state index contributed by atoms with van der Waals surface area (Å²) in [5.41, 5.74) is 4.17. The van der Waals surface area contributed by atoms with Crippen LogP contribution in [-0.2, 0) is 19.2 Å². The Labute approximate surface area is 305 Å². The van der Waals surface area contributed by atoms with Crippen LogP contribution in [0.4, 0.5) is 4.79 Å². The number of fused-ring (bicyclic) bond motifs is 1. The van der Waals surface area contributed by atoms with E-state index in [1.54, 1.807) is 4.90 Å². The second-order valence-electron chi connectivity index (χ2n) is 19.9. The van der Waals surface area contributed by atoms with Crippen LogP contribution >= 0.6 is 0 Å². The summed E-state index contributed by atoms with van der Waals surface area (Å²) in [5, 5.41) is 12.7. The third-order valence-corrected chi connectivity index (χ3v) is 14.2. The quantitative estimate of drug-likeness (QED) is 0.205. The molecule has 0 aromatic heterocycles. The van der Waals surface area contributed by atoms with Gasteiger partial charge in [0.2, 0.25) is 17.6 Å². The Balaban J connectivity index is 1.39. The van der Waals surface area contributed by atoms with E-state index in [4.69, 9.17) is 5.73 Å². The van der Waals surface area contributed by atoms with Gasteiger partial charge in [0.25, 0.3) is 5.91 Å². The summed E-state index contributed by atoms with van der Waals surface area (Å²) in [4.78, 5) is 72.2. The van der Waals surface area contributed by atoms with Gasteiger partial charge in [-0.3, -0.25) is 24.1 Å². The molecule has 2 saturated heterocycles. The number of Topliss-reactive ketones (excluding diaryl/α,β-unsaturated/α-hetero) is 1. The van der Waals surface area contributed by atoms with E-state index >= 15 is 0 Å². The molecular formula is C39H67N7O5. The largest absolute Gasteiger partial charge is 0.363 e. The molecule has 3 aliphatic carbocycles. The Kier molecular flexibility index (Phi) is 10.5. The fraction of sp³-hybridized carbons (Fsp3) is 0.872. The van der Waals surface area contributed by atoms with Crippen LogP contribution in [0.3, 0.4) is 0 Å². The van der Waals surface area contributed by atoms with Crippen LogP contribution in [0.1, 0.15) is 121 Å². The number of rotatable bonds is 11. The zero-order chi connectivity index (χ0) is 37.9. The maximum absolute atomic E-state index is 14.9. The van der Waals surface area contributed by atoms with Gasteiger partial charge < -0.3 is 31.9 Å². The maximum Gasteiger partial charge on any atom is 0.315 e. The summed E-state index contributed by atoms with van der Waals surface area (Å²) >= 11 is 0. The number of hydrogen-bond acceptors (Lipinski definition) is 7. The van der Waals surface area contributed by atoms with Crippen LogP contribution in [0.5, 0.6) is 0 Å². The predicted octanol–water partition coefficient (Wildman–Crippen LogP) is 3.33. The molecule has 3 unspecified atom stereocenters. The highest BCUT2D eigenvalue weighted by atomic mass is 16.2. The number of ketones is 1. The predicted molar refractivity (Wildman–Crippen MR) is 197 cm³/mol. The summed E-state index contributed by atoms with van der Waals surface area (Å²) < 4.78 is 0. The van der Waals surface area contributed by atoms with Crippen molar-refractivity contribution >= 4 is 29.5 Å². The van der Waals surface area contributed by atoms with Crippen molar-refractivity contribution in [3.8, 4) is 0 Å². The van der Waals surface area contributed by atoms with Crippen molar-refractivity contribution in [3.63, 3.8) is 0 Å². The molecule has 0 bridgehead atoms. The number of carbonyl (C=O) groups excluding carboxylic acids is 5. The molecule has 2 aliphatic heterocycles. The van der Waals surface area contributed by atoms with Gasteiger partial charge in [-0.15, -0.1) is 0 Å². The van der Waals surface area contributed by atoms with Crippen molar-refractivity contribution in [2.75, 3.05) is 32.7 Å². The number of urea groups is 1. The molecule has 288 valence electrons. The Morgan fingerprint density at radius 3 is 2.00 bits per heavy atom. The van der Waals surface area contributed by atoms with Gasteiger partial charge in [-0.2, -0.15) is 0 Å². The van der Waals surface area contributed by atoms with E-state index in [1.165, 1.54) is 0 Å². The fourth-order valence-corrected chi connectivity index (χ4v) is 10.1. The van der Waals surface area contributed by atoms with E-state index in [0.717, 1.165) is 58.2 Å². The number of nitrogens with one attached hydrogen (secondary N) is 4. The van der Waals surface area contributed by atoms with Crippen LogP contribution in [-0.4, -0.2) is 102 Å². The van der Waals surface area contributed by atoms with Crippen LogP contribution in [0, 0.1) is 33.0 Å². The van der Waals surface area contributed by atoms with E-state index in [1.807, 2.05) is 20.8 Å². The fourth-order valence-electron chi connectivity index (χ4n) is 10.1. The SMILES string of the molecule is CC(C)(C)[C@H](NC(=O)N[C@H](CN1CCNCC1(C)C)C(C)(C)C)C(=O)N1CC2(CC1C(=O)NC(CC1CCC1)C(=O)C(N)=O)C(C)(C)C21CCC1. The second kappa shape index (κ2) is 13.6. The molecule has 12 heteroatoms. The van der Waals surface area contributed by atoms with E-state index in [9.17, 15) is 24.0 Å². The minimum Gasteiger partial charge on any atom is -0.363 e. The lowest BCUT2D eigenvalue weighted by atomic mass is 9.73. The maximum atomic E-state index is 14.9. The third kappa shape index (κ3) is 7.17. The lowest BCUT2D eigenvalue weighted by Gasteiger charge is -2.46. The lowest BCUT2D eigenvalue weighted by molar-refractivity contribution is -0.143. The number of nitrogens with zero attached hydrogens (tertiary/aromatic N) is 2. The van der Waals surface area contributed by atoms with Gasteiger partial charge in [0.1, 0.15) is 12.1 Å². The first-order valence-electron chi connectivity index (χ1n) is 19.4. The normalized spacial score (nSPS) is 28.6. The highest BCUT2D eigenvalue weighted by molar-refractivity contribution is 6.37. The summed E-state index contributed by atoms with van der Waals surface area (Å²) in [5.74, 6) is -2.36. The van der Waals surface area contributed by atoms with Crippen molar-refractivity contribution in [1.82, 2.24) is 31.1 Å². The minimum absolute atomic E-state index is 0.0572. The Bertz CT molecular complexity index is 1390. The summed E-state index contributed by atoms with van der Waals surface area (Å²) in [6, 6.07) is -3.39. The average molecular weight is 714 g/mol. The molecule has 5 amide bonds. The van der Waals surface area contributed by atoms with Gasteiger partial charge in [0.05, 0.1) is 6.04 Å². The Morgan fingerprint density at radius 2 is 1.53 bits per heavy atom. The number of primary amides is 1. The van der Waals surface area contributed by atoms with Crippen molar-refractivity contribution in [2.45, 2.75) is 150 Å². The smallest absolute Gasteiger partial charge is 0.315 e. The number of nitrogens with two attached hydrogens (primary N) is 1. The molecule has 5 fully saturated rings. The van der Waals surface area contributed by atoms with E-state index in [2.05, 4.69) is 74.6 Å². The number of piperazine rings is 1. The molecule has 0 aromatic carbocycles. The number of hydrogen-bond donors (Lipinski definition) is 5. The van der Waals surface area contributed by atoms with Gasteiger partial charge in [-0.1, -0.05) is 81.1 Å². The van der Waals surface area contributed by atoms with Gasteiger partial charge in [-0.05, 0) is 67.1 Å². The van der Waals surface area contributed by atoms with Crippen LogP contribution in [0.25, 0.3) is 0 Å². The monoisotopic (exact) mass is 714 g/mol. The number of amides is 5. The first-order chi connectivity index (χ1) is 23.5. The second-order valence-corrected chi connectivity index (χ2v) is 19.9. The average Bonchev–Trinajstić information content (AvgIpc) is 3.19. The van der Waals surface area contributed by atoms with Crippen LogP contribution < -0.4 is 27.0 Å². The van der Waals surface area contributed by atoms with Crippen molar-refractivity contribution < 1.29 is 24.0 Å². The topological polar surface area (TPSA) is 166 Å². The Morgan fingerprint density at radius 1 is 0.882 bits per heavy atom. The molecule has 5 rings (SSSR count). The van der Waals surface area contributed by atoms with Gasteiger partial charge >= 0.3 is 6.03 Å². The van der Waals surface area contributed by atoms with E-state index in [-0.39, 0.29) is 45.1 Å². The highest BCUT2D eigenvalue weighted by Gasteiger charge is 2.85. The molecule has 2 spiro atoms. The molecule has 0 radical (unpaired) electrons. The van der Waals surface area contributed by atoms with Gasteiger partial charge in [0, 0.05) is 49.7 Å². The zero-order valence-electron chi connectivity index (χ0n) is 33.1. The summed E-state index contributed by atoms with van der Waals surface area (Å²) in [7, 11) is 0. The summed E-state index contributed by atoms with van der Waals surface area (Å²) in [6.45, 7) is 24.7. The molecule has 6 N–H and O–H groups in total. The minimum atomic E-state index is -1.07. The molecule has 5 aliphatic rings. The molecule has 0 aromatic rings. The van der Waals surface area contributed by atoms with Gasteiger partial charge in [-0.25, -0.2) is 4.79 Å². The molecule has 12 nitrogen and oxygen atoms in total. The highest BCUT2D eigenvalue weighted by Crippen LogP contribution is 2.88. The number of carbonyl (C=O) groups is 5. The van der Waals surface area contributed by atoms with E-state index < -0.39 is 47.2 Å². The van der Waals surface area contributed by atoms with E-state index in [0.29, 0.717) is 25.9 Å². The molecule has 3 saturated carbocycles. The summed E-state index contributed by atoms with van der Waals surface area (Å²) in [6.07, 6.45) is 7.02. The molecule has 2 heterocycles. The molecule has 51 heavy (non-hydrogen) atoms.